The van der Waals surface area contributed by atoms with Crippen LogP contribution in [0.15, 0.2) is 11.9 Å². The number of allylic oxidation sites excluding steroid dienone is 1. The van der Waals surface area contributed by atoms with Crippen molar-refractivity contribution in [2.45, 2.75) is 13.8 Å². The highest BCUT2D eigenvalue weighted by Crippen LogP contribution is 2.47. The minimum absolute atomic E-state index is 0.418. The Bertz CT molecular complexity index is 217. The van der Waals surface area contributed by atoms with E-state index in [0.29, 0.717) is 12.8 Å². The Kier molecular flexibility index (Phi) is 4.85. The topological polar surface area (TPSA) is 50.1 Å². The first kappa shape index (κ1) is 10.4. The predicted molar refractivity (Wildman–Crippen MR) is 44.5 cm³/mol. The Morgan fingerprint density at radius 2 is 2.27 bits per heavy atom. The summed E-state index contributed by atoms with van der Waals surface area (Å²) in [6, 6.07) is 1.78. The molecule has 4 heteroatoms. The van der Waals surface area contributed by atoms with Gasteiger partial charge in [-0.1, -0.05) is 6.92 Å². The molecular weight excluding hydrogens is 161 g/mol. The van der Waals surface area contributed by atoms with Crippen molar-refractivity contribution in [1.29, 1.82) is 5.26 Å². The summed E-state index contributed by atoms with van der Waals surface area (Å²) in [5, 5.41) is 8.18. The molecule has 0 spiro atoms. The van der Waals surface area contributed by atoms with Crippen LogP contribution in [0.3, 0.4) is 0 Å². The third-order valence-electron chi connectivity index (χ3n) is 1.16. The van der Waals surface area contributed by atoms with E-state index in [4.69, 9.17) is 9.79 Å². The lowest BCUT2D eigenvalue weighted by molar-refractivity contribution is 0.341. The molecule has 0 aliphatic rings. The van der Waals surface area contributed by atoms with Gasteiger partial charge in [0.25, 0.3) is 0 Å². The fourth-order valence-corrected chi connectivity index (χ4v) is 1.82. The Morgan fingerprint density at radius 3 is 2.64 bits per heavy atom. The van der Waals surface area contributed by atoms with Gasteiger partial charge in [-0.25, -0.2) is 0 Å². The first-order valence-corrected chi connectivity index (χ1v) is 5.37. The molecule has 0 aromatic carbocycles. The van der Waals surface area contributed by atoms with Gasteiger partial charge < -0.3 is 4.52 Å². The number of nitriles is 1. The van der Waals surface area contributed by atoms with Crippen LogP contribution in [0.5, 0.6) is 0 Å². The van der Waals surface area contributed by atoms with Gasteiger partial charge in [0.1, 0.15) is 0 Å². The second-order valence-corrected chi connectivity index (χ2v) is 4.55. The first-order chi connectivity index (χ1) is 5.18. The number of nitrogens with zero attached hydrogens (tertiary/aromatic N) is 1. The van der Waals surface area contributed by atoms with Crippen LogP contribution in [0, 0.1) is 11.3 Å². The lowest BCUT2D eigenvalue weighted by atomic mass is 10.7. The maximum atomic E-state index is 11.5. The Labute approximate surface area is 67.1 Å². The smallest absolute Gasteiger partial charge is 0.225 e. The minimum Gasteiger partial charge on any atom is -0.326 e. The van der Waals surface area contributed by atoms with Crippen molar-refractivity contribution in [3.8, 4) is 6.07 Å². The van der Waals surface area contributed by atoms with E-state index in [2.05, 4.69) is 0 Å². The highest BCUT2D eigenvalue weighted by Gasteiger charge is 2.14. The quantitative estimate of drug-likeness (QED) is 0.484. The van der Waals surface area contributed by atoms with Gasteiger partial charge in [0.05, 0.1) is 12.7 Å². The van der Waals surface area contributed by atoms with Crippen molar-refractivity contribution in [2.24, 2.45) is 0 Å². The standard InChI is InChI=1S/C7H12NO2P/c1-3-10-11(9,4-2)7-5-6-8/h5,7H,3-4H2,1-2H3. The van der Waals surface area contributed by atoms with Crippen LogP contribution in [-0.2, 0) is 9.09 Å². The SMILES string of the molecule is CCOP(=O)(C=CC#N)CC. The van der Waals surface area contributed by atoms with Crippen molar-refractivity contribution in [3.05, 3.63) is 11.9 Å². The lowest BCUT2D eigenvalue weighted by Gasteiger charge is -2.09. The summed E-state index contributed by atoms with van der Waals surface area (Å²) in [6.45, 7) is 3.97. The fourth-order valence-electron chi connectivity index (χ4n) is 0.605. The molecule has 3 nitrogen and oxygen atoms in total. The molecule has 62 valence electrons. The molecule has 0 fully saturated rings. The third kappa shape index (κ3) is 3.98. The van der Waals surface area contributed by atoms with Gasteiger partial charge in [-0.2, -0.15) is 5.26 Å². The molecular formula is C7H12NO2P. The molecule has 1 unspecified atom stereocenters. The second kappa shape index (κ2) is 5.12. The zero-order valence-corrected chi connectivity index (χ0v) is 7.67. The van der Waals surface area contributed by atoms with Crippen LogP contribution in [-0.4, -0.2) is 12.8 Å². The van der Waals surface area contributed by atoms with E-state index in [1.807, 2.05) is 0 Å². The van der Waals surface area contributed by atoms with E-state index < -0.39 is 7.37 Å². The van der Waals surface area contributed by atoms with Gasteiger partial charge in [-0.3, -0.25) is 4.57 Å². The van der Waals surface area contributed by atoms with Crippen LogP contribution in [0.1, 0.15) is 13.8 Å². The summed E-state index contributed by atoms with van der Waals surface area (Å²) in [5.74, 6) is 1.36. The molecule has 0 saturated carbocycles. The van der Waals surface area contributed by atoms with Gasteiger partial charge >= 0.3 is 0 Å². The molecule has 0 aromatic heterocycles. The molecule has 0 amide bonds. The Hall–Kier alpha value is -0.580. The van der Waals surface area contributed by atoms with Crippen molar-refractivity contribution in [1.82, 2.24) is 0 Å². The van der Waals surface area contributed by atoms with Crippen LogP contribution in [0.25, 0.3) is 0 Å². The maximum absolute atomic E-state index is 11.5. The molecule has 0 bridgehead atoms. The van der Waals surface area contributed by atoms with Crippen molar-refractivity contribution in [2.75, 3.05) is 12.8 Å². The molecule has 1 atom stereocenters. The van der Waals surface area contributed by atoms with Crippen molar-refractivity contribution in [3.63, 3.8) is 0 Å². The minimum atomic E-state index is -2.62. The van der Waals surface area contributed by atoms with Gasteiger partial charge in [0.2, 0.25) is 7.37 Å². The zero-order chi connectivity index (χ0) is 8.74. The van der Waals surface area contributed by atoms with Gasteiger partial charge in [0, 0.05) is 18.1 Å². The van der Waals surface area contributed by atoms with Crippen molar-refractivity contribution < 1.29 is 9.09 Å². The molecule has 0 aliphatic carbocycles. The van der Waals surface area contributed by atoms with Gasteiger partial charge in [-0.15, -0.1) is 0 Å². The second-order valence-electron chi connectivity index (χ2n) is 1.90. The maximum Gasteiger partial charge on any atom is 0.225 e. The summed E-state index contributed by atoms with van der Waals surface area (Å²) in [4.78, 5) is 0. The third-order valence-corrected chi connectivity index (χ3v) is 3.34. The van der Waals surface area contributed by atoms with Crippen LogP contribution in [0.4, 0.5) is 0 Å². The fraction of sp³-hybridized carbons (Fsp3) is 0.571. The zero-order valence-electron chi connectivity index (χ0n) is 6.78. The van der Waals surface area contributed by atoms with Crippen LogP contribution >= 0.6 is 7.37 Å². The largest absolute Gasteiger partial charge is 0.326 e. The highest BCUT2D eigenvalue weighted by molar-refractivity contribution is 7.62. The Balaban J connectivity index is 4.25. The molecule has 0 heterocycles. The van der Waals surface area contributed by atoms with E-state index >= 15 is 0 Å². The molecule has 0 radical (unpaired) electrons. The number of rotatable bonds is 4. The van der Waals surface area contributed by atoms with Crippen LogP contribution in [0.2, 0.25) is 0 Å². The normalized spacial score (nSPS) is 16.1. The number of hydrogen-bond donors (Lipinski definition) is 0. The van der Waals surface area contributed by atoms with E-state index in [1.165, 1.54) is 11.9 Å². The van der Waals surface area contributed by atoms with E-state index in [9.17, 15) is 4.57 Å². The summed E-state index contributed by atoms with van der Waals surface area (Å²) in [6.07, 6.45) is 1.65. The first-order valence-electron chi connectivity index (χ1n) is 3.49. The number of hydrogen-bond acceptors (Lipinski definition) is 3. The summed E-state index contributed by atoms with van der Waals surface area (Å²) in [5.41, 5.74) is 0. The molecule has 0 N–H and O–H groups in total. The lowest BCUT2D eigenvalue weighted by Crippen LogP contribution is -1.88. The summed E-state index contributed by atoms with van der Waals surface area (Å²) < 4.78 is 16.5. The van der Waals surface area contributed by atoms with E-state index in [1.54, 1.807) is 19.9 Å². The summed E-state index contributed by atoms with van der Waals surface area (Å²) >= 11 is 0. The predicted octanol–water partition coefficient (Wildman–Crippen LogP) is 2.36. The monoisotopic (exact) mass is 173 g/mol. The average molecular weight is 173 g/mol. The summed E-state index contributed by atoms with van der Waals surface area (Å²) in [7, 11) is -2.62. The van der Waals surface area contributed by atoms with Crippen LogP contribution < -0.4 is 0 Å². The average Bonchev–Trinajstić information content (AvgIpc) is 2.02. The molecule has 0 saturated heterocycles. The molecule has 0 rings (SSSR count). The van der Waals surface area contributed by atoms with E-state index in [-0.39, 0.29) is 0 Å². The van der Waals surface area contributed by atoms with Gasteiger partial charge in [-0.05, 0) is 6.92 Å². The van der Waals surface area contributed by atoms with Gasteiger partial charge in [0.15, 0.2) is 0 Å². The molecule has 0 aliphatic heterocycles. The van der Waals surface area contributed by atoms with Crippen molar-refractivity contribution >= 4 is 7.37 Å². The van der Waals surface area contributed by atoms with E-state index in [0.717, 1.165) is 0 Å². The Morgan fingerprint density at radius 1 is 1.64 bits per heavy atom. The molecule has 11 heavy (non-hydrogen) atoms. The highest BCUT2D eigenvalue weighted by atomic mass is 31.2. The molecule has 0 aromatic rings.